The lowest BCUT2D eigenvalue weighted by Gasteiger charge is -2.17. The van der Waals surface area contributed by atoms with Crippen molar-refractivity contribution in [1.29, 1.82) is 0 Å². The first-order valence-corrected chi connectivity index (χ1v) is 12.3. The van der Waals surface area contributed by atoms with Crippen LogP contribution in [0.3, 0.4) is 0 Å². The van der Waals surface area contributed by atoms with Crippen LogP contribution in [-0.4, -0.2) is 64.0 Å². The summed E-state index contributed by atoms with van der Waals surface area (Å²) in [6.45, 7) is 3.75. The maximum atomic E-state index is 13.5. The molecule has 9 nitrogen and oxygen atoms in total. The van der Waals surface area contributed by atoms with Crippen molar-refractivity contribution in [2.24, 2.45) is 0 Å². The molecular formula is C22H28FN3O6S. The highest BCUT2D eigenvalue weighted by Gasteiger charge is 2.19. The number of carboxylic acid groups (broad SMARTS) is 1. The van der Waals surface area contributed by atoms with Crippen molar-refractivity contribution >= 4 is 27.8 Å². The zero-order valence-electron chi connectivity index (χ0n) is 18.6. The highest BCUT2D eigenvalue weighted by atomic mass is 32.2. The minimum atomic E-state index is -3.34. The summed E-state index contributed by atoms with van der Waals surface area (Å²) in [6.07, 6.45) is 0.999. The van der Waals surface area contributed by atoms with Gasteiger partial charge in [0.1, 0.15) is 11.7 Å². The van der Waals surface area contributed by atoms with E-state index in [2.05, 4.69) is 15.3 Å². The molecule has 1 heterocycles. The fourth-order valence-electron chi connectivity index (χ4n) is 3.04. The first kappa shape index (κ1) is 26.4. The largest absolute Gasteiger partial charge is 0.481 e. The summed E-state index contributed by atoms with van der Waals surface area (Å²) in [4.78, 5) is 19.6. The monoisotopic (exact) mass is 481 g/mol. The molecule has 0 bridgehead atoms. The lowest BCUT2D eigenvalue weighted by Crippen LogP contribution is -2.19. The number of carboxylic acids is 1. The van der Waals surface area contributed by atoms with Gasteiger partial charge in [-0.05, 0) is 30.2 Å². The zero-order valence-corrected chi connectivity index (χ0v) is 19.4. The molecule has 0 amide bonds. The predicted molar refractivity (Wildman–Crippen MR) is 123 cm³/mol. The Morgan fingerprint density at radius 1 is 1.18 bits per heavy atom. The molecule has 0 aliphatic heterocycles. The molecule has 0 saturated heterocycles. The van der Waals surface area contributed by atoms with Gasteiger partial charge in [-0.1, -0.05) is 26.0 Å². The number of hydrogen-bond acceptors (Lipinski definition) is 8. The van der Waals surface area contributed by atoms with Crippen LogP contribution in [-0.2, 0) is 14.6 Å². The third kappa shape index (κ3) is 8.52. The van der Waals surface area contributed by atoms with Crippen molar-refractivity contribution in [2.75, 3.05) is 17.4 Å². The quantitative estimate of drug-likeness (QED) is 0.379. The average Bonchev–Trinajstić information content (AvgIpc) is 2.69. The molecule has 4 N–H and O–H groups in total. The molecule has 0 fully saturated rings. The van der Waals surface area contributed by atoms with Crippen LogP contribution in [0.4, 0.5) is 10.3 Å². The molecule has 0 spiro atoms. The topological polar surface area (TPSA) is 150 Å². The molecule has 33 heavy (non-hydrogen) atoms. The minimum Gasteiger partial charge on any atom is -0.481 e. The summed E-state index contributed by atoms with van der Waals surface area (Å²) >= 11 is 0. The number of benzene rings is 1. The van der Waals surface area contributed by atoms with Crippen LogP contribution >= 0.6 is 0 Å². The Balaban J connectivity index is 2.51. The van der Waals surface area contributed by atoms with Crippen LogP contribution in [0.25, 0.3) is 17.3 Å². The number of sulfone groups is 1. The summed E-state index contributed by atoms with van der Waals surface area (Å²) < 4.78 is 36.6. The molecule has 11 heteroatoms. The first-order chi connectivity index (χ1) is 15.4. The maximum Gasteiger partial charge on any atom is 0.305 e. The molecule has 0 aliphatic rings. The standard InChI is InChI=1S/C22H28FN3O6S/c1-13(2)20-18(9-8-16(27)10-17(28)11-19(29)30)21(14-4-6-15(23)7-5-14)26-22(25-20)24-12-33(3,31)32/h4-9,13,16-17,27-28H,10-12H2,1-3H3,(H,29,30)(H,24,25,26)/b9-8+/t16?,17-/m1/s1. The van der Waals surface area contributed by atoms with Gasteiger partial charge in [-0.3, -0.25) is 4.79 Å². The summed E-state index contributed by atoms with van der Waals surface area (Å²) in [5, 5.41) is 31.4. The van der Waals surface area contributed by atoms with Gasteiger partial charge < -0.3 is 20.6 Å². The van der Waals surface area contributed by atoms with Gasteiger partial charge in [0, 0.05) is 23.8 Å². The summed E-state index contributed by atoms with van der Waals surface area (Å²) in [6, 6.07) is 5.57. The summed E-state index contributed by atoms with van der Waals surface area (Å²) in [7, 11) is -3.34. The minimum absolute atomic E-state index is 0.0815. The number of anilines is 1. The normalized spacial score (nSPS) is 13.9. The lowest BCUT2D eigenvalue weighted by atomic mass is 9.97. The Labute approximate surface area is 192 Å². The van der Waals surface area contributed by atoms with E-state index in [1.165, 1.54) is 30.3 Å². The van der Waals surface area contributed by atoms with Crippen molar-refractivity contribution < 1.29 is 32.9 Å². The molecule has 0 radical (unpaired) electrons. The third-order valence-electron chi connectivity index (χ3n) is 4.54. The van der Waals surface area contributed by atoms with Crippen molar-refractivity contribution in [3.8, 4) is 11.3 Å². The Morgan fingerprint density at radius 3 is 2.36 bits per heavy atom. The number of hydrogen-bond donors (Lipinski definition) is 4. The molecule has 1 aromatic heterocycles. The number of aliphatic hydroxyl groups is 2. The summed E-state index contributed by atoms with van der Waals surface area (Å²) in [5.74, 6) is -2.03. The van der Waals surface area contributed by atoms with Crippen LogP contribution in [0.15, 0.2) is 30.3 Å². The number of nitrogens with zero attached hydrogens (tertiary/aromatic N) is 2. The average molecular weight is 482 g/mol. The van der Waals surface area contributed by atoms with Gasteiger partial charge in [0.25, 0.3) is 0 Å². The predicted octanol–water partition coefficient (Wildman–Crippen LogP) is 2.42. The van der Waals surface area contributed by atoms with Crippen molar-refractivity contribution in [1.82, 2.24) is 9.97 Å². The Kier molecular flexibility index (Phi) is 9.03. The number of aliphatic carboxylic acids is 1. The highest BCUT2D eigenvalue weighted by Crippen LogP contribution is 2.30. The van der Waals surface area contributed by atoms with Gasteiger partial charge in [-0.25, -0.2) is 22.8 Å². The van der Waals surface area contributed by atoms with Crippen LogP contribution < -0.4 is 5.32 Å². The molecule has 2 aromatic rings. The second-order valence-corrected chi connectivity index (χ2v) is 10.2. The third-order valence-corrected chi connectivity index (χ3v) is 5.21. The number of aromatic nitrogens is 2. The molecule has 2 rings (SSSR count). The van der Waals surface area contributed by atoms with Gasteiger partial charge in [0.15, 0.2) is 9.84 Å². The lowest BCUT2D eigenvalue weighted by molar-refractivity contribution is -0.139. The Hall–Kier alpha value is -2.89. The smallest absolute Gasteiger partial charge is 0.305 e. The SMILES string of the molecule is CC(C)c1nc(NCS(C)(=O)=O)nc(-c2ccc(F)cc2)c1/C=C/C(O)C[C@@H](O)CC(=O)O. The van der Waals surface area contributed by atoms with Gasteiger partial charge >= 0.3 is 5.97 Å². The second kappa shape index (κ2) is 11.3. The van der Waals surface area contributed by atoms with E-state index in [1.54, 1.807) is 6.08 Å². The Bertz CT molecular complexity index is 1100. The van der Waals surface area contributed by atoms with Crippen LogP contribution in [0, 0.1) is 5.82 Å². The van der Waals surface area contributed by atoms with E-state index in [1.807, 2.05) is 13.8 Å². The van der Waals surface area contributed by atoms with Crippen LogP contribution in [0.1, 0.15) is 43.9 Å². The molecule has 180 valence electrons. The van der Waals surface area contributed by atoms with E-state index in [9.17, 15) is 27.8 Å². The van der Waals surface area contributed by atoms with Crippen molar-refractivity contribution in [3.63, 3.8) is 0 Å². The number of halogens is 1. The fourth-order valence-corrected chi connectivity index (χ4v) is 3.43. The molecule has 0 saturated carbocycles. The Morgan fingerprint density at radius 2 is 1.82 bits per heavy atom. The summed E-state index contributed by atoms with van der Waals surface area (Å²) in [5.41, 5.74) is 2.01. The number of aliphatic hydroxyl groups excluding tert-OH is 2. The van der Waals surface area contributed by atoms with E-state index in [0.717, 1.165) is 6.26 Å². The van der Waals surface area contributed by atoms with Crippen LogP contribution in [0.5, 0.6) is 0 Å². The van der Waals surface area contributed by atoms with E-state index in [-0.39, 0.29) is 24.2 Å². The highest BCUT2D eigenvalue weighted by molar-refractivity contribution is 7.90. The molecule has 1 unspecified atom stereocenters. The van der Waals surface area contributed by atoms with E-state index in [4.69, 9.17) is 5.11 Å². The number of nitrogens with one attached hydrogen (secondary N) is 1. The maximum absolute atomic E-state index is 13.5. The number of rotatable bonds is 11. The zero-order chi connectivity index (χ0) is 24.8. The van der Waals surface area contributed by atoms with Crippen LogP contribution in [0.2, 0.25) is 0 Å². The van der Waals surface area contributed by atoms with E-state index < -0.39 is 40.3 Å². The second-order valence-electron chi connectivity index (χ2n) is 8.02. The van der Waals surface area contributed by atoms with Gasteiger partial charge in [-0.15, -0.1) is 0 Å². The molecular weight excluding hydrogens is 453 g/mol. The first-order valence-electron chi connectivity index (χ1n) is 10.2. The molecule has 2 atom stereocenters. The van der Waals surface area contributed by atoms with Gasteiger partial charge in [0.2, 0.25) is 5.95 Å². The van der Waals surface area contributed by atoms with Gasteiger partial charge in [-0.2, -0.15) is 0 Å². The molecule has 0 aliphatic carbocycles. The van der Waals surface area contributed by atoms with Crippen molar-refractivity contribution in [3.05, 3.63) is 47.4 Å². The van der Waals surface area contributed by atoms with Crippen molar-refractivity contribution in [2.45, 2.75) is 44.8 Å². The van der Waals surface area contributed by atoms with E-state index >= 15 is 0 Å². The molecule has 1 aromatic carbocycles. The van der Waals surface area contributed by atoms with Gasteiger partial charge in [0.05, 0.1) is 30.0 Å². The fraction of sp³-hybridized carbons (Fsp3) is 0.409. The van der Waals surface area contributed by atoms with E-state index in [0.29, 0.717) is 22.5 Å². The number of carbonyl (C=O) groups is 1.